The van der Waals surface area contributed by atoms with Crippen LogP contribution in [0.1, 0.15) is 24.8 Å². The number of aromatic nitrogens is 2. The van der Waals surface area contributed by atoms with Gasteiger partial charge in [-0.15, -0.1) is 11.3 Å². The van der Waals surface area contributed by atoms with Crippen LogP contribution in [0.5, 0.6) is 0 Å². The fourth-order valence-corrected chi connectivity index (χ4v) is 6.22. The smallest absolute Gasteiger partial charge is 0.252 e. The number of rotatable bonds is 5. The van der Waals surface area contributed by atoms with Crippen molar-refractivity contribution in [1.29, 1.82) is 0 Å². The maximum absolute atomic E-state index is 12.9. The van der Waals surface area contributed by atoms with Crippen molar-refractivity contribution in [2.75, 3.05) is 18.4 Å². The standard InChI is InChI=1S/C20H21BN4O2S2/c1-14-13-15(5-6-16(14)21)23-20-22-10-9-17(24-20)18-7-8-19(28-18)29(26,27)25-11-3-2-4-12-25/h5-10,13H,2-4,11-12H2,1H3,(H,22,23,24). The Bertz CT molecular complexity index is 1130. The van der Waals surface area contributed by atoms with Crippen molar-refractivity contribution in [3.8, 4) is 10.6 Å². The van der Waals surface area contributed by atoms with E-state index in [0.717, 1.165) is 40.9 Å². The van der Waals surface area contributed by atoms with Gasteiger partial charge in [0.25, 0.3) is 10.0 Å². The van der Waals surface area contributed by atoms with Gasteiger partial charge >= 0.3 is 0 Å². The van der Waals surface area contributed by atoms with Crippen LogP contribution in [0.2, 0.25) is 0 Å². The van der Waals surface area contributed by atoms with Crippen molar-refractivity contribution in [2.24, 2.45) is 0 Å². The maximum Gasteiger partial charge on any atom is 0.252 e. The average Bonchev–Trinajstić information content (AvgIpc) is 3.23. The third kappa shape index (κ3) is 4.36. The topological polar surface area (TPSA) is 75.2 Å². The Morgan fingerprint density at radius 1 is 1.10 bits per heavy atom. The second kappa shape index (κ2) is 8.26. The molecule has 3 heterocycles. The number of aryl methyl sites for hydroxylation is 1. The van der Waals surface area contributed by atoms with E-state index in [2.05, 4.69) is 15.3 Å². The van der Waals surface area contributed by atoms with E-state index in [-0.39, 0.29) is 0 Å². The SMILES string of the molecule is [B]c1ccc(Nc2nccc(-c3ccc(S(=O)(=O)N4CCCCC4)s3)n2)cc1C. The molecule has 2 radical (unpaired) electrons. The minimum absolute atomic E-state index is 0.358. The van der Waals surface area contributed by atoms with Gasteiger partial charge in [-0.2, -0.15) is 4.31 Å². The summed E-state index contributed by atoms with van der Waals surface area (Å²) in [5.74, 6) is 0.445. The zero-order valence-electron chi connectivity index (χ0n) is 16.1. The number of nitrogens with zero attached hydrogens (tertiary/aromatic N) is 3. The van der Waals surface area contributed by atoms with Gasteiger partial charge in [-0.1, -0.05) is 23.5 Å². The largest absolute Gasteiger partial charge is 0.324 e. The molecule has 2 aromatic heterocycles. The highest BCUT2D eigenvalue weighted by atomic mass is 32.2. The number of hydrogen-bond acceptors (Lipinski definition) is 6. The quantitative estimate of drug-likeness (QED) is 0.637. The number of piperidine rings is 1. The van der Waals surface area contributed by atoms with E-state index in [9.17, 15) is 8.42 Å². The summed E-state index contributed by atoms with van der Waals surface area (Å²) in [7, 11) is 2.43. The molecule has 1 N–H and O–H groups in total. The van der Waals surface area contributed by atoms with Gasteiger partial charge in [-0.25, -0.2) is 18.4 Å². The minimum atomic E-state index is -3.44. The van der Waals surface area contributed by atoms with Crippen molar-refractivity contribution < 1.29 is 8.42 Å². The predicted octanol–water partition coefficient (Wildman–Crippen LogP) is 3.23. The summed E-state index contributed by atoms with van der Waals surface area (Å²) in [6, 6.07) is 10.9. The molecule has 0 atom stereocenters. The van der Waals surface area contributed by atoms with Crippen molar-refractivity contribution in [3.05, 3.63) is 48.2 Å². The first-order valence-corrected chi connectivity index (χ1v) is 11.8. The molecule has 0 bridgehead atoms. The van der Waals surface area contributed by atoms with Crippen molar-refractivity contribution in [1.82, 2.24) is 14.3 Å². The molecule has 1 aliphatic heterocycles. The van der Waals surface area contributed by atoms with E-state index in [1.54, 1.807) is 28.7 Å². The predicted molar refractivity (Wildman–Crippen MR) is 118 cm³/mol. The molecule has 0 unspecified atom stereocenters. The molecule has 4 rings (SSSR count). The third-order valence-electron chi connectivity index (χ3n) is 4.92. The van der Waals surface area contributed by atoms with Gasteiger partial charge in [0.15, 0.2) is 0 Å². The number of thiophene rings is 1. The van der Waals surface area contributed by atoms with E-state index >= 15 is 0 Å². The van der Waals surface area contributed by atoms with Crippen molar-refractivity contribution in [3.63, 3.8) is 0 Å². The molecule has 1 saturated heterocycles. The zero-order valence-corrected chi connectivity index (χ0v) is 17.8. The molecule has 0 saturated carbocycles. The van der Waals surface area contributed by atoms with Crippen LogP contribution in [0.4, 0.5) is 11.6 Å². The highest BCUT2D eigenvalue weighted by Crippen LogP contribution is 2.32. The molecular weight excluding hydrogens is 403 g/mol. The number of nitrogens with one attached hydrogen (secondary N) is 1. The molecule has 1 aromatic carbocycles. The van der Waals surface area contributed by atoms with Crippen molar-refractivity contribution in [2.45, 2.75) is 30.4 Å². The van der Waals surface area contributed by atoms with E-state index < -0.39 is 10.0 Å². The molecule has 6 nitrogen and oxygen atoms in total. The minimum Gasteiger partial charge on any atom is -0.324 e. The molecule has 148 valence electrons. The third-order valence-corrected chi connectivity index (χ3v) is 8.40. The van der Waals surface area contributed by atoms with Gasteiger partial charge in [0.05, 0.1) is 10.6 Å². The summed E-state index contributed by atoms with van der Waals surface area (Å²) in [6.07, 6.45) is 4.59. The molecule has 1 fully saturated rings. The van der Waals surface area contributed by atoms with Crippen LogP contribution in [0.3, 0.4) is 0 Å². The average molecular weight is 424 g/mol. The molecule has 29 heavy (non-hydrogen) atoms. The maximum atomic E-state index is 12.9. The molecular formula is C20H21BN4O2S2. The lowest BCUT2D eigenvalue weighted by molar-refractivity contribution is 0.347. The van der Waals surface area contributed by atoms with Crippen LogP contribution in [0.25, 0.3) is 10.6 Å². The van der Waals surface area contributed by atoms with Gasteiger partial charge in [-0.05, 0) is 50.1 Å². The second-order valence-corrected chi connectivity index (χ2v) is 10.3. The highest BCUT2D eigenvalue weighted by molar-refractivity contribution is 7.91. The number of benzene rings is 1. The van der Waals surface area contributed by atoms with E-state index in [1.807, 2.05) is 25.1 Å². The first-order valence-electron chi connectivity index (χ1n) is 9.50. The van der Waals surface area contributed by atoms with Gasteiger partial charge in [0, 0.05) is 25.0 Å². The second-order valence-electron chi connectivity index (χ2n) is 7.05. The number of hydrogen-bond donors (Lipinski definition) is 1. The van der Waals surface area contributed by atoms with Crippen LogP contribution < -0.4 is 10.8 Å². The summed E-state index contributed by atoms with van der Waals surface area (Å²) < 4.78 is 27.7. The summed E-state index contributed by atoms with van der Waals surface area (Å²) in [4.78, 5) is 9.60. The summed E-state index contributed by atoms with van der Waals surface area (Å²) in [5.41, 5.74) is 3.22. The molecule has 9 heteroatoms. The van der Waals surface area contributed by atoms with Gasteiger partial charge in [0.2, 0.25) is 5.95 Å². The lowest BCUT2D eigenvalue weighted by Gasteiger charge is -2.25. The van der Waals surface area contributed by atoms with Gasteiger partial charge in [0.1, 0.15) is 12.1 Å². The van der Waals surface area contributed by atoms with Crippen LogP contribution in [-0.2, 0) is 10.0 Å². The Labute approximate surface area is 176 Å². The zero-order chi connectivity index (χ0) is 20.4. The first kappa shape index (κ1) is 20.1. The summed E-state index contributed by atoms with van der Waals surface area (Å²) >= 11 is 1.24. The molecule has 3 aromatic rings. The Morgan fingerprint density at radius 3 is 2.66 bits per heavy atom. The van der Waals surface area contributed by atoms with Crippen LogP contribution >= 0.6 is 11.3 Å². The Hall–Kier alpha value is -2.23. The monoisotopic (exact) mass is 424 g/mol. The van der Waals surface area contributed by atoms with E-state index in [4.69, 9.17) is 7.85 Å². The Morgan fingerprint density at radius 2 is 1.90 bits per heavy atom. The molecule has 0 amide bonds. The number of sulfonamides is 1. The Kier molecular flexibility index (Phi) is 5.71. The number of anilines is 2. The summed E-state index contributed by atoms with van der Waals surface area (Å²) in [6.45, 7) is 3.13. The van der Waals surface area contributed by atoms with Crippen LogP contribution in [0.15, 0.2) is 46.8 Å². The summed E-state index contributed by atoms with van der Waals surface area (Å²) in [5, 5.41) is 3.17. The normalized spacial score (nSPS) is 15.3. The molecule has 0 aliphatic carbocycles. The molecule has 1 aliphatic rings. The van der Waals surface area contributed by atoms with E-state index in [1.165, 1.54) is 11.3 Å². The lowest BCUT2D eigenvalue weighted by atomic mass is 9.91. The highest BCUT2D eigenvalue weighted by Gasteiger charge is 2.27. The van der Waals surface area contributed by atoms with Crippen LogP contribution in [-0.4, -0.2) is 43.6 Å². The fourth-order valence-electron chi connectivity index (χ4n) is 3.27. The van der Waals surface area contributed by atoms with Gasteiger partial charge < -0.3 is 5.32 Å². The lowest BCUT2D eigenvalue weighted by Crippen LogP contribution is -2.35. The van der Waals surface area contributed by atoms with Crippen LogP contribution in [0, 0.1) is 6.92 Å². The first-order chi connectivity index (χ1) is 13.9. The Balaban J connectivity index is 1.56. The van der Waals surface area contributed by atoms with Crippen molar-refractivity contribution >= 4 is 46.3 Å². The fraction of sp³-hybridized carbons (Fsp3) is 0.300. The van der Waals surface area contributed by atoms with Gasteiger partial charge in [-0.3, -0.25) is 0 Å². The molecule has 0 spiro atoms. The van der Waals surface area contributed by atoms with E-state index in [0.29, 0.717) is 28.9 Å².